The highest BCUT2D eigenvalue weighted by Gasteiger charge is 2.42. The van der Waals surface area contributed by atoms with E-state index in [4.69, 9.17) is 5.41 Å². The van der Waals surface area contributed by atoms with Crippen LogP contribution in [0.2, 0.25) is 0 Å². The number of nitrogens with zero attached hydrogens (tertiary/aromatic N) is 1. The second-order valence-electron chi connectivity index (χ2n) is 8.52. The van der Waals surface area contributed by atoms with Gasteiger partial charge in [-0.05, 0) is 59.7 Å². The molecule has 0 aromatic heterocycles. The molecule has 4 nitrogen and oxygen atoms in total. The Labute approximate surface area is 183 Å². The van der Waals surface area contributed by atoms with Crippen LogP contribution in [0.5, 0.6) is 0 Å². The molecule has 3 aromatic rings. The van der Waals surface area contributed by atoms with Crippen molar-refractivity contribution in [1.29, 1.82) is 5.41 Å². The van der Waals surface area contributed by atoms with Gasteiger partial charge >= 0.3 is 0 Å². The van der Waals surface area contributed by atoms with Gasteiger partial charge in [0.2, 0.25) is 0 Å². The number of fused-ring (bicyclic) bond motifs is 3. The van der Waals surface area contributed by atoms with Gasteiger partial charge in [-0.3, -0.25) is 15.5 Å². The maximum Gasteiger partial charge on any atom is 0.269 e. The molecule has 3 aromatic carbocycles. The van der Waals surface area contributed by atoms with E-state index in [9.17, 15) is 10.1 Å². The van der Waals surface area contributed by atoms with E-state index in [0.29, 0.717) is 5.71 Å². The van der Waals surface area contributed by atoms with Crippen LogP contribution in [0, 0.1) is 22.4 Å². The first kappa shape index (κ1) is 21.0. The van der Waals surface area contributed by atoms with Gasteiger partial charge in [0.05, 0.1) is 10.6 Å². The molecule has 31 heavy (non-hydrogen) atoms. The third-order valence-electron chi connectivity index (χ3n) is 6.61. The minimum atomic E-state index is -0.300. The Hall–Kier alpha value is -3.27. The Balaban J connectivity index is 1.92. The molecule has 0 amide bonds. The van der Waals surface area contributed by atoms with E-state index in [1.54, 1.807) is 12.1 Å². The maximum atomic E-state index is 11.5. The molecule has 0 radical (unpaired) electrons. The zero-order valence-electron chi connectivity index (χ0n) is 18.4. The number of benzene rings is 3. The number of rotatable bonds is 7. The molecule has 4 heteroatoms. The predicted molar refractivity (Wildman–Crippen MR) is 126 cm³/mol. The van der Waals surface area contributed by atoms with Gasteiger partial charge in [-0.1, -0.05) is 63.1 Å². The van der Waals surface area contributed by atoms with Gasteiger partial charge in [-0.2, -0.15) is 0 Å². The van der Waals surface area contributed by atoms with E-state index >= 15 is 0 Å². The predicted octanol–water partition coefficient (Wildman–Crippen LogP) is 7.19. The standard InChI is InChI=1S/C27H28N2O2/c1-4-14-27(15-5-2)24-16-19(26(28)21-9-7-6-8-18(21)3)10-12-22(24)23-13-11-20(29(30)31)17-25(23)27/h6-13,16-17,28H,4-5,14-15H2,1-3H3. The molecule has 1 aliphatic rings. The van der Waals surface area contributed by atoms with Crippen molar-refractivity contribution in [3.63, 3.8) is 0 Å². The van der Waals surface area contributed by atoms with Gasteiger partial charge in [-0.25, -0.2) is 0 Å². The molecule has 0 fully saturated rings. The quantitative estimate of drug-likeness (QED) is 0.253. The summed E-state index contributed by atoms with van der Waals surface area (Å²) in [4.78, 5) is 11.2. The molecule has 4 rings (SSSR count). The summed E-state index contributed by atoms with van der Waals surface area (Å²) in [6.45, 7) is 6.38. The van der Waals surface area contributed by atoms with Crippen molar-refractivity contribution in [3.8, 4) is 11.1 Å². The lowest BCUT2D eigenvalue weighted by molar-refractivity contribution is -0.384. The highest BCUT2D eigenvalue weighted by atomic mass is 16.6. The number of hydrogen-bond acceptors (Lipinski definition) is 3. The topological polar surface area (TPSA) is 67.0 Å². The van der Waals surface area contributed by atoms with Crippen LogP contribution < -0.4 is 0 Å². The second-order valence-corrected chi connectivity index (χ2v) is 8.52. The van der Waals surface area contributed by atoms with Crippen molar-refractivity contribution < 1.29 is 4.92 Å². The zero-order valence-corrected chi connectivity index (χ0v) is 18.4. The average molecular weight is 413 g/mol. The molecule has 0 spiro atoms. The van der Waals surface area contributed by atoms with Gasteiger partial charge in [-0.15, -0.1) is 0 Å². The summed E-state index contributed by atoms with van der Waals surface area (Å²) in [5.41, 5.74) is 7.85. The molecule has 0 heterocycles. The monoisotopic (exact) mass is 412 g/mol. The number of nitrogens with one attached hydrogen (secondary N) is 1. The molecule has 0 bridgehead atoms. The fourth-order valence-corrected chi connectivity index (χ4v) is 5.28. The van der Waals surface area contributed by atoms with Crippen molar-refractivity contribution in [2.45, 2.75) is 51.9 Å². The van der Waals surface area contributed by atoms with Crippen LogP contribution in [-0.4, -0.2) is 10.6 Å². The van der Waals surface area contributed by atoms with Crippen LogP contribution in [0.1, 0.15) is 67.3 Å². The van der Waals surface area contributed by atoms with E-state index < -0.39 is 0 Å². The van der Waals surface area contributed by atoms with Gasteiger partial charge in [0, 0.05) is 28.7 Å². The molecule has 1 N–H and O–H groups in total. The number of hydrogen-bond donors (Lipinski definition) is 1. The Kier molecular flexibility index (Phi) is 5.48. The average Bonchev–Trinajstić information content (AvgIpc) is 3.03. The molecule has 158 valence electrons. The highest BCUT2D eigenvalue weighted by Crippen LogP contribution is 2.54. The summed E-state index contributed by atoms with van der Waals surface area (Å²) in [6, 6.07) is 19.6. The number of aryl methyl sites for hydroxylation is 1. The van der Waals surface area contributed by atoms with Crippen LogP contribution in [-0.2, 0) is 5.41 Å². The van der Waals surface area contributed by atoms with Crippen LogP contribution in [0.3, 0.4) is 0 Å². The lowest BCUT2D eigenvalue weighted by atomic mass is 9.71. The van der Waals surface area contributed by atoms with Crippen molar-refractivity contribution in [3.05, 3.63) is 98.6 Å². The fraction of sp³-hybridized carbons (Fsp3) is 0.296. The minimum absolute atomic E-state index is 0.149. The van der Waals surface area contributed by atoms with E-state index in [0.717, 1.165) is 59.1 Å². The smallest absolute Gasteiger partial charge is 0.269 e. The number of nitro groups is 1. The minimum Gasteiger partial charge on any atom is -0.300 e. The first-order valence-corrected chi connectivity index (χ1v) is 11.0. The Bertz CT molecular complexity index is 1170. The molecule has 0 unspecified atom stereocenters. The van der Waals surface area contributed by atoms with Gasteiger partial charge in [0.25, 0.3) is 5.69 Å². The van der Waals surface area contributed by atoms with E-state index in [2.05, 4.69) is 26.0 Å². The molecule has 0 saturated carbocycles. The van der Waals surface area contributed by atoms with Crippen LogP contribution >= 0.6 is 0 Å². The third-order valence-corrected chi connectivity index (χ3v) is 6.61. The summed E-state index contributed by atoms with van der Waals surface area (Å²) in [5.74, 6) is 0. The second kappa shape index (κ2) is 8.10. The van der Waals surface area contributed by atoms with Crippen LogP contribution in [0.4, 0.5) is 5.69 Å². The van der Waals surface area contributed by atoms with Gasteiger partial charge in [0.1, 0.15) is 0 Å². The Morgan fingerprint density at radius 3 is 2.16 bits per heavy atom. The summed E-state index contributed by atoms with van der Waals surface area (Å²) in [6.07, 6.45) is 3.84. The first-order chi connectivity index (χ1) is 14.9. The Morgan fingerprint density at radius 1 is 0.935 bits per heavy atom. The lowest BCUT2D eigenvalue weighted by Gasteiger charge is -2.32. The van der Waals surface area contributed by atoms with Crippen LogP contribution in [0.15, 0.2) is 60.7 Å². The lowest BCUT2D eigenvalue weighted by Crippen LogP contribution is -2.25. The Morgan fingerprint density at radius 2 is 1.55 bits per heavy atom. The zero-order chi connectivity index (χ0) is 22.2. The van der Waals surface area contributed by atoms with Crippen molar-refractivity contribution in [1.82, 2.24) is 0 Å². The summed E-state index contributed by atoms with van der Waals surface area (Å²) < 4.78 is 0. The van der Waals surface area contributed by atoms with Crippen molar-refractivity contribution >= 4 is 11.4 Å². The summed E-state index contributed by atoms with van der Waals surface area (Å²) >= 11 is 0. The highest BCUT2D eigenvalue weighted by molar-refractivity contribution is 6.12. The maximum absolute atomic E-state index is 11.5. The fourth-order valence-electron chi connectivity index (χ4n) is 5.28. The summed E-state index contributed by atoms with van der Waals surface area (Å²) in [7, 11) is 0. The van der Waals surface area contributed by atoms with Crippen molar-refractivity contribution in [2.75, 3.05) is 0 Å². The third kappa shape index (κ3) is 3.36. The van der Waals surface area contributed by atoms with E-state index in [-0.39, 0.29) is 16.0 Å². The number of nitro benzene ring substituents is 1. The molecule has 0 saturated heterocycles. The number of non-ortho nitro benzene ring substituents is 1. The molecule has 0 aliphatic heterocycles. The largest absolute Gasteiger partial charge is 0.300 e. The van der Waals surface area contributed by atoms with Gasteiger partial charge in [0.15, 0.2) is 0 Å². The van der Waals surface area contributed by atoms with Gasteiger partial charge < -0.3 is 0 Å². The first-order valence-electron chi connectivity index (χ1n) is 11.0. The van der Waals surface area contributed by atoms with E-state index in [1.165, 1.54) is 5.56 Å². The molecule has 1 aliphatic carbocycles. The van der Waals surface area contributed by atoms with Crippen LogP contribution in [0.25, 0.3) is 11.1 Å². The molecular weight excluding hydrogens is 384 g/mol. The molecular formula is C27H28N2O2. The van der Waals surface area contributed by atoms with Crippen molar-refractivity contribution in [2.24, 2.45) is 0 Å². The summed E-state index contributed by atoms with van der Waals surface area (Å²) in [5, 5.41) is 20.4. The van der Waals surface area contributed by atoms with E-state index in [1.807, 2.05) is 43.3 Å². The molecule has 0 atom stereocenters. The normalized spacial score (nSPS) is 13.5. The SMILES string of the molecule is CCCC1(CCC)c2cc(C(=N)c3ccccc3C)ccc2-c2ccc([N+](=O)[O-])cc21.